The fourth-order valence-electron chi connectivity index (χ4n) is 1.98. The van der Waals surface area contributed by atoms with Crippen LogP contribution in [0.4, 0.5) is 0 Å². The third-order valence-corrected chi connectivity index (χ3v) is 4.29. The van der Waals surface area contributed by atoms with Crippen molar-refractivity contribution < 1.29 is 9.90 Å². The second-order valence-corrected chi connectivity index (χ2v) is 5.32. The van der Waals surface area contributed by atoms with E-state index in [-0.39, 0.29) is 17.2 Å². The van der Waals surface area contributed by atoms with Crippen molar-refractivity contribution in [1.82, 2.24) is 5.32 Å². The van der Waals surface area contributed by atoms with Crippen molar-refractivity contribution in [3.8, 4) is 5.75 Å². The summed E-state index contributed by atoms with van der Waals surface area (Å²) in [6.07, 6.45) is 2.69. The van der Waals surface area contributed by atoms with Crippen LogP contribution in [0.25, 0.3) is 0 Å². The maximum absolute atomic E-state index is 12.2. The standard InChI is InChI=1S/C14H20BrNO2/c1-4-14(5-2,6-3)16-13(18)10-7-8-11(15)12(17)9-10/h7-9,17H,4-6H2,1-3H3,(H,16,18). The van der Waals surface area contributed by atoms with Crippen LogP contribution in [0, 0.1) is 0 Å². The molecule has 4 heteroatoms. The molecule has 1 aromatic rings. The SMILES string of the molecule is CCC(CC)(CC)NC(=O)c1ccc(Br)c(O)c1. The lowest BCUT2D eigenvalue weighted by Gasteiger charge is -2.31. The number of carbonyl (C=O) groups excluding carboxylic acids is 1. The summed E-state index contributed by atoms with van der Waals surface area (Å²) in [6, 6.07) is 4.85. The van der Waals surface area contributed by atoms with Crippen LogP contribution < -0.4 is 5.32 Å². The Bertz CT molecular complexity index is 420. The average molecular weight is 314 g/mol. The summed E-state index contributed by atoms with van der Waals surface area (Å²) >= 11 is 3.20. The Morgan fingerprint density at radius 3 is 2.28 bits per heavy atom. The molecule has 1 amide bonds. The van der Waals surface area contributed by atoms with Crippen LogP contribution in [0.2, 0.25) is 0 Å². The second kappa shape index (κ2) is 6.23. The molecule has 3 nitrogen and oxygen atoms in total. The lowest BCUT2D eigenvalue weighted by molar-refractivity contribution is 0.0888. The zero-order valence-corrected chi connectivity index (χ0v) is 12.7. The molecule has 1 rings (SSSR count). The average Bonchev–Trinajstić information content (AvgIpc) is 2.39. The number of carbonyl (C=O) groups is 1. The molecule has 0 aromatic heterocycles. The third kappa shape index (κ3) is 3.25. The van der Waals surface area contributed by atoms with Crippen molar-refractivity contribution in [2.45, 2.75) is 45.6 Å². The highest BCUT2D eigenvalue weighted by Crippen LogP contribution is 2.25. The van der Waals surface area contributed by atoms with Gasteiger partial charge >= 0.3 is 0 Å². The zero-order valence-electron chi connectivity index (χ0n) is 11.1. The van der Waals surface area contributed by atoms with Gasteiger partial charge < -0.3 is 10.4 Å². The largest absolute Gasteiger partial charge is 0.507 e. The molecule has 0 aliphatic rings. The Kier molecular flexibility index (Phi) is 5.20. The van der Waals surface area contributed by atoms with Gasteiger partial charge in [0.15, 0.2) is 0 Å². The number of phenols is 1. The predicted molar refractivity (Wildman–Crippen MR) is 76.9 cm³/mol. The highest BCUT2D eigenvalue weighted by molar-refractivity contribution is 9.10. The zero-order chi connectivity index (χ0) is 13.8. The first-order valence-electron chi connectivity index (χ1n) is 6.29. The van der Waals surface area contributed by atoms with Gasteiger partial charge in [-0.05, 0) is 53.4 Å². The first kappa shape index (κ1) is 15.0. The van der Waals surface area contributed by atoms with Gasteiger partial charge in [0.2, 0.25) is 0 Å². The molecule has 0 aliphatic heterocycles. The van der Waals surface area contributed by atoms with Crippen molar-refractivity contribution in [2.24, 2.45) is 0 Å². The molecule has 0 saturated heterocycles. The summed E-state index contributed by atoms with van der Waals surface area (Å²) in [5, 5.41) is 12.7. The lowest BCUT2D eigenvalue weighted by atomic mass is 9.89. The smallest absolute Gasteiger partial charge is 0.251 e. The molecule has 0 aliphatic carbocycles. The maximum Gasteiger partial charge on any atom is 0.251 e. The van der Waals surface area contributed by atoms with Crippen molar-refractivity contribution in [2.75, 3.05) is 0 Å². The molecule has 2 N–H and O–H groups in total. The molecular formula is C14H20BrNO2. The monoisotopic (exact) mass is 313 g/mol. The van der Waals surface area contributed by atoms with E-state index >= 15 is 0 Å². The lowest BCUT2D eigenvalue weighted by Crippen LogP contribution is -2.47. The van der Waals surface area contributed by atoms with Gasteiger partial charge in [0.25, 0.3) is 5.91 Å². The van der Waals surface area contributed by atoms with Gasteiger partial charge in [-0.1, -0.05) is 20.8 Å². The van der Waals surface area contributed by atoms with Crippen LogP contribution >= 0.6 is 15.9 Å². The van der Waals surface area contributed by atoms with Crippen LogP contribution in [0.15, 0.2) is 22.7 Å². The third-order valence-electron chi connectivity index (χ3n) is 3.62. The van der Waals surface area contributed by atoms with Gasteiger partial charge in [0, 0.05) is 11.1 Å². The summed E-state index contributed by atoms with van der Waals surface area (Å²) in [4.78, 5) is 12.2. The number of hydrogen-bond acceptors (Lipinski definition) is 2. The number of rotatable bonds is 5. The topological polar surface area (TPSA) is 49.3 Å². The highest BCUT2D eigenvalue weighted by Gasteiger charge is 2.26. The van der Waals surface area contributed by atoms with E-state index in [1.165, 1.54) is 6.07 Å². The van der Waals surface area contributed by atoms with Crippen LogP contribution in [0.1, 0.15) is 50.4 Å². The maximum atomic E-state index is 12.2. The van der Waals surface area contributed by atoms with E-state index in [4.69, 9.17) is 0 Å². The van der Waals surface area contributed by atoms with Crippen molar-refractivity contribution in [3.05, 3.63) is 28.2 Å². The summed E-state index contributed by atoms with van der Waals surface area (Å²) in [5.74, 6) is -0.0545. The minimum Gasteiger partial charge on any atom is -0.507 e. The number of hydrogen-bond donors (Lipinski definition) is 2. The Labute approximate surface area is 117 Å². The van der Waals surface area contributed by atoms with Gasteiger partial charge in [-0.25, -0.2) is 0 Å². The van der Waals surface area contributed by atoms with E-state index in [1.54, 1.807) is 12.1 Å². The number of aromatic hydroxyl groups is 1. The quantitative estimate of drug-likeness (QED) is 0.867. The molecule has 1 aromatic carbocycles. The number of benzene rings is 1. The molecular weight excluding hydrogens is 294 g/mol. The number of halogens is 1. The van der Waals surface area contributed by atoms with E-state index in [0.717, 1.165) is 19.3 Å². The van der Waals surface area contributed by atoms with Gasteiger partial charge in [-0.15, -0.1) is 0 Å². The Morgan fingerprint density at radius 2 is 1.83 bits per heavy atom. The molecule has 0 atom stereocenters. The van der Waals surface area contributed by atoms with Crippen LogP contribution in [-0.4, -0.2) is 16.6 Å². The summed E-state index contributed by atoms with van der Waals surface area (Å²) < 4.78 is 0.590. The molecule has 0 spiro atoms. The van der Waals surface area contributed by atoms with E-state index in [0.29, 0.717) is 10.0 Å². The molecule has 18 heavy (non-hydrogen) atoms. The van der Waals surface area contributed by atoms with E-state index in [2.05, 4.69) is 42.0 Å². The molecule has 100 valence electrons. The molecule has 0 radical (unpaired) electrons. The normalized spacial score (nSPS) is 11.3. The van der Waals surface area contributed by atoms with Crippen LogP contribution in [0.5, 0.6) is 5.75 Å². The summed E-state index contributed by atoms with van der Waals surface area (Å²) in [6.45, 7) is 6.23. The Hall–Kier alpha value is -1.03. The minimum absolute atomic E-state index is 0.0812. The predicted octanol–water partition coefficient (Wildman–Crippen LogP) is 3.85. The van der Waals surface area contributed by atoms with Gasteiger partial charge in [-0.3, -0.25) is 4.79 Å². The minimum atomic E-state index is -0.153. The molecule has 0 fully saturated rings. The van der Waals surface area contributed by atoms with Gasteiger partial charge in [-0.2, -0.15) is 0 Å². The van der Waals surface area contributed by atoms with Gasteiger partial charge in [0.1, 0.15) is 5.75 Å². The molecule has 0 saturated carbocycles. The van der Waals surface area contributed by atoms with Crippen LogP contribution in [-0.2, 0) is 0 Å². The Balaban J connectivity index is 2.90. The molecule has 0 heterocycles. The first-order chi connectivity index (χ1) is 8.48. The fourth-order valence-corrected chi connectivity index (χ4v) is 2.23. The summed E-state index contributed by atoms with van der Waals surface area (Å²) in [7, 11) is 0. The van der Waals surface area contributed by atoms with Crippen LogP contribution in [0.3, 0.4) is 0 Å². The van der Waals surface area contributed by atoms with Crippen molar-refractivity contribution >= 4 is 21.8 Å². The van der Waals surface area contributed by atoms with Gasteiger partial charge in [0.05, 0.1) is 4.47 Å². The van der Waals surface area contributed by atoms with Crippen molar-refractivity contribution in [1.29, 1.82) is 0 Å². The Morgan fingerprint density at radius 1 is 1.28 bits per heavy atom. The number of nitrogens with one attached hydrogen (secondary N) is 1. The fraction of sp³-hybridized carbons (Fsp3) is 0.500. The first-order valence-corrected chi connectivity index (χ1v) is 7.08. The van der Waals surface area contributed by atoms with E-state index < -0.39 is 0 Å². The molecule has 0 unspecified atom stereocenters. The van der Waals surface area contributed by atoms with E-state index in [1.807, 2.05) is 0 Å². The highest BCUT2D eigenvalue weighted by atomic mass is 79.9. The number of amides is 1. The number of phenolic OH excluding ortho intramolecular Hbond substituents is 1. The van der Waals surface area contributed by atoms with Crippen molar-refractivity contribution in [3.63, 3.8) is 0 Å². The molecule has 0 bridgehead atoms. The van der Waals surface area contributed by atoms with E-state index in [9.17, 15) is 9.90 Å². The second-order valence-electron chi connectivity index (χ2n) is 4.46. The summed E-state index contributed by atoms with van der Waals surface area (Å²) in [5.41, 5.74) is 0.329.